The third-order valence-corrected chi connectivity index (χ3v) is 6.50. The highest BCUT2D eigenvalue weighted by Crippen LogP contribution is 2.31. The van der Waals surface area contributed by atoms with Crippen molar-refractivity contribution < 1.29 is 29.0 Å². The molecular weight excluding hydrogens is 472 g/mol. The molecule has 11 heteroatoms. The van der Waals surface area contributed by atoms with Crippen molar-refractivity contribution in [3.63, 3.8) is 0 Å². The number of anilines is 1. The molecule has 0 bridgehead atoms. The van der Waals surface area contributed by atoms with Crippen LogP contribution in [-0.2, 0) is 20.8 Å². The summed E-state index contributed by atoms with van der Waals surface area (Å²) in [5.41, 5.74) is -0.814. The summed E-state index contributed by atoms with van der Waals surface area (Å²) in [5, 5.41) is 12.6. The second kappa shape index (κ2) is 10.6. The van der Waals surface area contributed by atoms with Gasteiger partial charge in [-0.1, -0.05) is 0 Å². The van der Waals surface area contributed by atoms with E-state index in [0.717, 1.165) is 4.90 Å². The van der Waals surface area contributed by atoms with Gasteiger partial charge < -0.3 is 24.8 Å². The Hall–Kier alpha value is -2.53. The number of piperidine rings is 1. The molecule has 35 heavy (non-hydrogen) atoms. The highest BCUT2D eigenvalue weighted by atomic mass is 32.2. The Morgan fingerprint density at radius 2 is 1.86 bits per heavy atom. The number of amides is 3. The van der Waals surface area contributed by atoms with Crippen molar-refractivity contribution in [2.45, 2.75) is 89.1 Å². The van der Waals surface area contributed by atoms with E-state index in [2.05, 4.69) is 10.3 Å². The van der Waals surface area contributed by atoms with Crippen LogP contribution in [0.5, 0.6) is 0 Å². The lowest BCUT2D eigenvalue weighted by Gasteiger charge is -2.43. The van der Waals surface area contributed by atoms with Crippen LogP contribution >= 0.6 is 11.8 Å². The first-order valence-corrected chi connectivity index (χ1v) is 12.8. The molecular formula is C24H36N4O6S. The molecule has 2 aliphatic heterocycles. The molecule has 0 spiro atoms. The number of carbonyl (C=O) groups excluding carboxylic acids is 3. The summed E-state index contributed by atoms with van der Waals surface area (Å²) in [6, 6.07) is 2.94. The second-order valence-corrected chi connectivity index (χ2v) is 11.8. The Bertz CT molecular complexity index is 958. The summed E-state index contributed by atoms with van der Waals surface area (Å²) in [5.74, 6) is 0.700. The molecule has 194 valence electrons. The van der Waals surface area contributed by atoms with Crippen LogP contribution < -0.4 is 5.32 Å². The Labute approximate surface area is 210 Å². The van der Waals surface area contributed by atoms with Crippen LogP contribution in [0.1, 0.15) is 60.1 Å². The molecule has 2 aliphatic rings. The molecule has 2 atom stereocenters. The fourth-order valence-corrected chi connectivity index (χ4v) is 4.68. The minimum absolute atomic E-state index is 0.119. The van der Waals surface area contributed by atoms with E-state index < -0.39 is 29.4 Å². The molecule has 1 aromatic rings. The quantitative estimate of drug-likeness (QED) is 0.633. The topological polar surface area (TPSA) is 121 Å². The molecule has 3 amide bonds. The average Bonchev–Trinajstić information content (AvgIpc) is 2.74. The molecule has 1 fully saturated rings. The van der Waals surface area contributed by atoms with Gasteiger partial charge in [-0.15, -0.1) is 11.8 Å². The van der Waals surface area contributed by atoms with Crippen molar-refractivity contribution in [3.8, 4) is 0 Å². The van der Waals surface area contributed by atoms with E-state index in [-0.39, 0.29) is 31.6 Å². The number of nitrogens with zero attached hydrogens (tertiary/aromatic N) is 3. The van der Waals surface area contributed by atoms with Gasteiger partial charge in [-0.3, -0.25) is 9.69 Å². The first kappa shape index (κ1) is 27.1. The van der Waals surface area contributed by atoms with Gasteiger partial charge >= 0.3 is 12.2 Å². The van der Waals surface area contributed by atoms with E-state index in [4.69, 9.17) is 9.47 Å². The lowest BCUT2D eigenvalue weighted by molar-refractivity contribution is -0.113. The van der Waals surface area contributed by atoms with Crippen molar-refractivity contribution in [1.82, 2.24) is 14.8 Å². The standard InChI is InChI=1S/C24H36N4O6S/c1-23(2,3)33-21(31)27(11-15-7-10-18-20(25-15)26-19(30)14-35-18)16-8-9-17(13-29)28(12-16)22(32)34-24(4,5)6/h7,10,16-17,29H,8-9,11-14H2,1-6H3,(H,25,26,30)/t16-,17+/m0/s1. The summed E-state index contributed by atoms with van der Waals surface area (Å²) < 4.78 is 11.2. The van der Waals surface area contributed by atoms with Crippen LogP contribution in [-0.4, -0.2) is 80.2 Å². The number of nitrogens with one attached hydrogen (secondary N) is 1. The predicted octanol–water partition coefficient (Wildman–Crippen LogP) is 3.62. The molecule has 0 aliphatic carbocycles. The number of likely N-dealkylation sites (tertiary alicyclic amines) is 1. The third-order valence-electron chi connectivity index (χ3n) is 5.45. The average molecular weight is 509 g/mol. The fraction of sp³-hybridized carbons (Fsp3) is 0.667. The number of aromatic nitrogens is 1. The van der Waals surface area contributed by atoms with Gasteiger partial charge in [0.1, 0.15) is 17.0 Å². The summed E-state index contributed by atoms with van der Waals surface area (Å²) in [6.07, 6.45) is 0.0229. The molecule has 0 saturated carbocycles. The van der Waals surface area contributed by atoms with Crippen molar-refractivity contribution in [2.75, 3.05) is 24.2 Å². The molecule has 2 N–H and O–H groups in total. The molecule has 0 unspecified atom stereocenters. The molecule has 3 rings (SSSR count). The molecule has 0 aromatic carbocycles. The number of pyridine rings is 1. The van der Waals surface area contributed by atoms with Crippen molar-refractivity contribution in [1.29, 1.82) is 0 Å². The number of hydrogen-bond donors (Lipinski definition) is 2. The maximum atomic E-state index is 13.3. The zero-order valence-corrected chi connectivity index (χ0v) is 22.1. The first-order valence-electron chi connectivity index (χ1n) is 11.8. The Morgan fingerprint density at radius 3 is 2.49 bits per heavy atom. The van der Waals surface area contributed by atoms with Gasteiger partial charge in [-0.25, -0.2) is 14.6 Å². The second-order valence-electron chi connectivity index (χ2n) is 10.8. The molecule has 3 heterocycles. The Kier molecular flexibility index (Phi) is 8.21. The van der Waals surface area contributed by atoms with Gasteiger partial charge in [0.15, 0.2) is 0 Å². The van der Waals surface area contributed by atoms with Crippen molar-refractivity contribution >= 4 is 35.7 Å². The number of aliphatic hydroxyl groups is 1. The normalized spacial score (nSPS) is 20.5. The van der Waals surface area contributed by atoms with Gasteiger partial charge in [0.05, 0.1) is 41.6 Å². The van der Waals surface area contributed by atoms with Gasteiger partial charge in [-0.05, 0) is 66.5 Å². The lowest BCUT2D eigenvalue weighted by atomic mass is 9.97. The van der Waals surface area contributed by atoms with E-state index >= 15 is 0 Å². The summed E-state index contributed by atoms with van der Waals surface area (Å²) in [7, 11) is 0. The number of aliphatic hydroxyl groups excluding tert-OH is 1. The van der Waals surface area contributed by atoms with Gasteiger partial charge in [0.2, 0.25) is 5.91 Å². The largest absolute Gasteiger partial charge is 0.444 e. The number of rotatable bonds is 4. The van der Waals surface area contributed by atoms with E-state index in [9.17, 15) is 19.5 Å². The van der Waals surface area contributed by atoms with E-state index in [1.807, 2.05) is 12.1 Å². The zero-order valence-electron chi connectivity index (χ0n) is 21.3. The number of thioether (sulfide) groups is 1. The SMILES string of the molecule is CC(C)(C)OC(=O)N(Cc1ccc2c(n1)NC(=O)CS2)[C@H]1CC[C@H](CO)N(C(=O)OC(C)(C)C)C1. The number of carbonyl (C=O) groups is 3. The Balaban J connectivity index is 1.86. The van der Waals surface area contributed by atoms with Crippen LogP contribution in [0.2, 0.25) is 0 Å². The van der Waals surface area contributed by atoms with Gasteiger partial charge in [-0.2, -0.15) is 0 Å². The third kappa shape index (κ3) is 7.47. The molecule has 1 saturated heterocycles. The molecule has 0 radical (unpaired) electrons. The first-order chi connectivity index (χ1) is 16.3. The highest BCUT2D eigenvalue weighted by Gasteiger charge is 2.39. The maximum Gasteiger partial charge on any atom is 0.410 e. The Morgan fingerprint density at radius 1 is 1.17 bits per heavy atom. The lowest BCUT2D eigenvalue weighted by Crippen LogP contribution is -2.57. The molecule has 1 aromatic heterocycles. The maximum absolute atomic E-state index is 13.3. The number of fused-ring (bicyclic) bond motifs is 1. The highest BCUT2D eigenvalue weighted by molar-refractivity contribution is 8.00. The van der Waals surface area contributed by atoms with Crippen LogP contribution in [0.3, 0.4) is 0 Å². The predicted molar refractivity (Wildman–Crippen MR) is 132 cm³/mol. The van der Waals surface area contributed by atoms with Gasteiger partial charge in [0.25, 0.3) is 0 Å². The van der Waals surface area contributed by atoms with Crippen LogP contribution in [0.15, 0.2) is 17.0 Å². The summed E-state index contributed by atoms with van der Waals surface area (Å²) >= 11 is 1.42. The summed E-state index contributed by atoms with van der Waals surface area (Å²) in [4.78, 5) is 46.5. The van der Waals surface area contributed by atoms with E-state index in [1.165, 1.54) is 16.7 Å². The van der Waals surface area contributed by atoms with Gasteiger partial charge in [0, 0.05) is 6.54 Å². The number of hydrogen-bond acceptors (Lipinski definition) is 8. The van der Waals surface area contributed by atoms with E-state index in [0.29, 0.717) is 30.1 Å². The summed E-state index contributed by atoms with van der Waals surface area (Å²) in [6.45, 7) is 10.9. The fourth-order valence-electron chi connectivity index (χ4n) is 3.93. The van der Waals surface area contributed by atoms with Crippen LogP contribution in [0.4, 0.5) is 15.4 Å². The van der Waals surface area contributed by atoms with Crippen LogP contribution in [0, 0.1) is 0 Å². The van der Waals surface area contributed by atoms with Crippen molar-refractivity contribution in [2.24, 2.45) is 0 Å². The van der Waals surface area contributed by atoms with Crippen molar-refractivity contribution in [3.05, 3.63) is 17.8 Å². The van der Waals surface area contributed by atoms with Crippen LogP contribution in [0.25, 0.3) is 0 Å². The monoisotopic (exact) mass is 508 g/mol. The minimum Gasteiger partial charge on any atom is -0.444 e. The number of ether oxygens (including phenoxy) is 2. The zero-order chi connectivity index (χ0) is 26.0. The van der Waals surface area contributed by atoms with E-state index in [1.54, 1.807) is 46.4 Å². The minimum atomic E-state index is -0.712. The molecule has 10 nitrogen and oxygen atoms in total. The smallest absolute Gasteiger partial charge is 0.410 e.